The molecule has 0 saturated heterocycles. The first-order chi connectivity index (χ1) is 8.22. The molecule has 90 valence electrons. The molecule has 1 heterocycles. The first-order valence-corrected chi connectivity index (χ1v) is 6.84. The van der Waals surface area contributed by atoms with Crippen LogP contribution in [-0.4, -0.2) is 4.98 Å². The zero-order valence-electron chi connectivity index (χ0n) is 9.74. The number of hydrogen-bond donors (Lipinski definition) is 1. The maximum Gasteiger partial charge on any atom is 0.0975 e. The van der Waals surface area contributed by atoms with Crippen LogP contribution in [0.25, 0.3) is 0 Å². The topological polar surface area (TPSA) is 38.9 Å². The Bertz CT molecular complexity index is 486. The van der Waals surface area contributed by atoms with Crippen LogP contribution in [0.3, 0.4) is 0 Å². The van der Waals surface area contributed by atoms with Gasteiger partial charge in [-0.15, -0.1) is 11.3 Å². The summed E-state index contributed by atoms with van der Waals surface area (Å²) in [6, 6.07) is 7.91. The van der Waals surface area contributed by atoms with Crippen molar-refractivity contribution < 1.29 is 0 Å². The molecule has 2 rings (SSSR count). The lowest BCUT2D eigenvalue weighted by atomic mass is 10.2. The maximum absolute atomic E-state index is 5.97. The quantitative estimate of drug-likeness (QED) is 0.921. The van der Waals surface area contributed by atoms with E-state index in [1.165, 1.54) is 10.4 Å². The van der Waals surface area contributed by atoms with Gasteiger partial charge in [-0.25, -0.2) is 4.98 Å². The lowest BCUT2D eigenvalue weighted by molar-refractivity contribution is 0.969. The largest absolute Gasteiger partial charge is 0.326 e. The summed E-state index contributed by atoms with van der Waals surface area (Å²) < 4.78 is 0. The number of aryl methyl sites for hydroxylation is 1. The highest BCUT2D eigenvalue weighted by Gasteiger charge is 2.08. The molecule has 4 heteroatoms. The molecule has 2 nitrogen and oxygen atoms in total. The molecule has 0 amide bonds. The van der Waals surface area contributed by atoms with Crippen molar-refractivity contribution in [3.05, 3.63) is 50.4 Å². The minimum Gasteiger partial charge on any atom is -0.326 e. The van der Waals surface area contributed by atoms with E-state index in [-0.39, 0.29) is 0 Å². The van der Waals surface area contributed by atoms with Crippen LogP contribution in [0, 0.1) is 0 Å². The number of halogens is 1. The minimum absolute atomic E-state index is 0.580. The van der Waals surface area contributed by atoms with Crippen molar-refractivity contribution in [2.45, 2.75) is 26.3 Å². The lowest BCUT2D eigenvalue weighted by Gasteiger charge is -1.98. The van der Waals surface area contributed by atoms with E-state index < -0.39 is 0 Å². The highest BCUT2D eigenvalue weighted by molar-refractivity contribution is 7.11. The second-order valence-electron chi connectivity index (χ2n) is 3.84. The molecule has 0 aliphatic carbocycles. The van der Waals surface area contributed by atoms with E-state index in [9.17, 15) is 0 Å². The molecule has 0 unspecified atom stereocenters. The summed E-state index contributed by atoms with van der Waals surface area (Å²) in [7, 11) is 0. The standard InChI is InChI=1S/C13H15ClN2S/c1-2-11-12(8-15)17-13(16-11)7-9-4-3-5-10(14)6-9/h3-6H,2,7-8,15H2,1H3. The summed E-state index contributed by atoms with van der Waals surface area (Å²) in [5.74, 6) is 0. The van der Waals surface area contributed by atoms with E-state index in [0.29, 0.717) is 6.54 Å². The predicted molar refractivity (Wildman–Crippen MR) is 73.6 cm³/mol. The molecule has 0 bridgehead atoms. The number of nitrogens with two attached hydrogens (primary N) is 1. The van der Waals surface area contributed by atoms with Crippen molar-refractivity contribution >= 4 is 22.9 Å². The highest BCUT2D eigenvalue weighted by Crippen LogP contribution is 2.22. The molecular weight excluding hydrogens is 252 g/mol. The van der Waals surface area contributed by atoms with E-state index in [2.05, 4.69) is 18.0 Å². The third kappa shape index (κ3) is 3.06. The fraction of sp³-hybridized carbons (Fsp3) is 0.308. The molecular formula is C13H15ClN2S. The van der Waals surface area contributed by atoms with E-state index in [0.717, 1.165) is 28.6 Å². The van der Waals surface area contributed by atoms with Crippen molar-refractivity contribution in [1.29, 1.82) is 0 Å². The van der Waals surface area contributed by atoms with Crippen molar-refractivity contribution in [3.8, 4) is 0 Å². The van der Waals surface area contributed by atoms with Crippen LogP contribution in [0.4, 0.5) is 0 Å². The van der Waals surface area contributed by atoms with Gasteiger partial charge in [-0.3, -0.25) is 0 Å². The summed E-state index contributed by atoms with van der Waals surface area (Å²) in [4.78, 5) is 5.82. The Morgan fingerprint density at radius 2 is 2.24 bits per heavy atom. The molecule has 2 aromatic rings. The van der Waals surface area contributed by atoms with Gasteiger partial charge in [0.05, 0.1) is 10.7 Å². The monoisotopic (exact) mass is 266 g/mol. The third-order valence-electron chi connectivity index (χ3n) is 2.59. The van der Waals surface area contributed by atoms with Gasteiger partial charge < -0.3 is 5.73 Å². The van der Waals surface area contributed by atoms with E-state index in [4.69, 9.17) is 17.3 Å². The minimum atomic E-state index is 0.580. The molecule has 2 N–H and O–H groups in total. The SMILES string of the molecule is CCc1nc(Cc2cccc(Cl)c2)sc1CN. The van der Waals surface area contributed by atoms with Crippen molar-refractivity contribution in [3.63, 3.8) is 0 Å². The summed E-state index contributed by atoms with van der Waals surface area (Å²) in [5.41, 5.74) is 8.03. The Morgan fingerprint density at radius 1 is 1.41 bits per heavy atom. The zero-order valence-corrected chi connectivity index (χ0v) is 11.3. The smallest absolute Gasteiger partial charge is 0.0975 e. The Hall–Kier alpha value is -0.900. The molecule has 0 atom stereocenters. The van der Waals surface area contributed by atoms with Crippen LogP contribution in [0.15, 0.2) is 24.3 Å². The van der Waals surface area contributed by atoms with Gasteiger partial charge >= 0.3 is 0 Å². The van der Waals surface area contributed by atoms with Gasteiger partial charge in [-0.2, -0.15) is 0 Å². The number of hydrogen-bond acceptors (Lipinski definition) is 3. The molecule has 1 aromatic carbocycles. The molecule has 1 aromatic heterocycles. The van der Waals surface area contributed by atoms with Gasteiger partial charge in [0.25, 0.3) is 0 Å². The van der Waals surface area contributed by atoms with Crippen LogP contribution in [0.1, 0.15) is 28.1 Å². The first-order valence-electron chi connectivity index (χ1n) is 5.65. The normalized spacial score (nSPS) is 10.8. The predicted octanol–water partition coefficient (Wildman–Crippen LogP) is 3.41. The van der Waals surface area contributed by atoms with Crippen LogP contribution >= 0.6 is 22.9 Å². The van der Waals surface area contributed by atoms with Crippen molar-refractivity contribution in [1.82, 2.24) is 4.98 Å². The molecule has 17 heavy (non-hydrogen) atoms. The van der Waals surface area contributed by atoms with Gasteiger partial charge in [0.1, 0.15) is 0 Å². The number of rotatable bonds is 4. The van der Waals surface area contributed by atoms with Gasteiger partial charge in [0.2, 0.25) is 0 Å². The number of benzene rings is 1. The molecule has 0 saturated carbocycles. The van der Waals surface area contributed by atoms with Gasteiger partial charge in [0.15, 0.2) is 0 Å². The second kappa shape index (κ2) is 5.63. The van der Waals surface area contributed by atoms with Gasteiger partial charge in [0, 0.05) is 22.9 Å². The second-order valence-corrected chi connectivity index (χ2v) is 5.45. The Kier molecular flexibility index (Phi) is 4.15. The molecule has 0 fully saturated rings. The average molecular weight is 267 g/mol. The van der Waals surface area contributed by atoms with Crippen LogP contribution in [0.5, 0.6) is 0 Å². The molecule has 0 aliphatic rings. The lowest BCUT2D eigenvalue weighted by Crippen LogP contribution is -1.97. The van der Waals surface area contributed by atoms with Crippen LogP contribution in [-0.2, 0) is 19.4 Å². The van der Waals surface area contributed by atoms with E-state index >= 15 is 0 Å². The van der Waals surface area contributed by atoms with Gasteiger partial charge in [-0.05, 0) is 24.1 Å². The van der Waals surface area contributed by atoms with Crippen molar-refractivity contribution in [2.24, 2.45) is 5.73 Å². The average Bonchev–Trinajstić information content (AvgIpc) is 2.71. The fourth-order valence-corrected chi connectivity index (χ4v) is 3.05. The maximum atomic E-state index is 5.97. The Morgan fingerprint density at radius 3 is 2.82 bits per heavy atom. The van der Waals surface area contributed by atoms with E-state index in [1.807, 2.05) is 18.2 Å². The fourth-order valence-electron chi connectivity index (χ4n) is 1.77. The Labute approximate surface area is 110 Å². The summed E-state index contributed by atoms with van der Waals surface area (Å²) in [6.45, 7) is 2.69. The van der Waals surface area contributed by atoms with Gasteiger partial charge in [-0.1, -0.05) is 30.7 Å². The number of aromatic nitrogens is 1. The third-order valence-corrected chi connectivity index (χ3v) is 3.94. The first kappa shape index (κ1) is 12.6. The molecule has 0 radical (unpaired) electrons. The zero-order chi connectivity index (χ0) is 12.3. The number of thiazole rings is 1. The van der Waals surface area contributed by atoms with Crippen LogP contribution in [0.2, 0.25) is 5.02 Å². The number of nitrogens with zero attached hydrogens (tertiary/aromatic N) is 1. The van der Waals surface area contributed by atoms with Crippen LogP contribution < -0.4 is 5.73 Å². The summed E-state index contributed by atoms with van der Waals surface area (Å²) in [5, 5.41) is 1.89. The Balaban J connectivity index is 2.21. The van der Waals surface area contributed by atoms with E-state index in [1.54, 1.807) is 11.3 Å². The highest BCUT2D eigenvalue weighted by atomic mass is 35.5. The molecule has 0 spiro atoms. The summed E-state index contributed by atoms with van der Waals surface area (Å²) >= 11 is 7.67. The van der Waals surface area contributed by atoms with Crippen molar-refractivity contribution in [2.75, 3.05) is 0 Å². The molecule has 0 aliphatic heterocycles. The summed E-state index contributed by atoms with van der Waals surface area (Å²) in [6.07, 6.45) is 1.77.